The van der Waals surface area contributed by atoms with Crippen LogP contribution in [-0.4, -0.2) is 17.2 Å². The lowest BCUT2D eigenvalue weighted by molar-refractivity contribution is -0.384. The lowest BCUT2D eigenvalue weighted by Crippen LogP contribution is -2.04. The maximum Gasteiger partial charge on any atom is 0.270 e. The van der Waals surface area contributed by atoms with Gasteiger partial charge in [-0.2, -0.15) is 0 Å². The number of rotatable bonds is 4. The van der Waals surface area contributed by atoms with Crippen molar-refractivity contribution < 1.29 is 9.66 Å². The Morgan fingerprint density at radius 3 is 2.88 bits per heavy atom. The molecule has 0 spiro atoms. The molecule has 7 heteroatoms. The van der Waals surface area contributed by atoms with Crippen LogP contribution in [0.1, 0.15) is 5.56 Å². The van der Waals surface area contributed by atoms with Crippen LogP contribution in [0.3, 0.4) is 0 Å². The monoisotopic (exact) mass is 241 g/mol. The van der Waals surface area contributed by atoms with Crippen molar-refractivity contribution in [1.82, 2.24) is 0 Å². The minimum Gasteiger partial charge on any atom is -0.496 e. The largest absolute Gasteiger partial charge is 0.496 e. The first-order valence-electron chi connectivity index (χ1n) is 4.32. The molecule has 0 atom stereocenters. The minimum atomic E-state index is -0.471. The van der Waals surface area contributed by atoms with Crippen LogP contribution in [0, 0.1) is 15.5 Å². The van der Waals surface area contributed by atoms with Gasteiger partial charge in [0.25, 0.3) is 5.69 Å². The van der Waals surface area contributed by atoms with Gasteiger partial charge >= 0.3 is 0 Å². The van der Waals surface area contributed by atoms with Crippen molar-refractivity contribution >= 4 is 22.6 Å². The molecular weight excluding hydrogens is 230 g/mol. The Labute approximate surface area is 96.4 Å². The molecule has 86 valence electrons. The highest BCUT2D eigenvalue weighted by atomic mass is 32.2. The lowest BCUT2D eigenvalue weighted by Gasteiger charge is -2.07. The number of hydrogen-bond donors (Lipinski definition) is 2. The van der Waals surface area contributed by atoms with Gasteiger partial charge in [0, 0.05) is 23.4 Å². The van der Waals surface area contributed by atoms with E-state index in [4.69, 9.17) is 15.9 Å². The van der Waals surface area contributed by atoms with Crippen molar-refractivity contribution in [2.75, 3.05) is 7.11 Å². The molecule has 0 aliphatic carbocycles. The van der Waals surface area contributed by atoms with Crippen LogP contribution < -0.4 is 10.5 Å². The van der Waals surface area contributed by atoms with Gasteiger partial charge in [0.1, 0.15) is 5.75 Å². The molecule has 1 aromatic carbocycles. The van der Waals surface area contributed by atoms with Gasteiger partial charge in [-0.1, -0.05) is 11.8 Å². The number of nitro groups is 1. The summed E-state index contributed by atoms with van der Waals surface area (Å²) < 4.78 is 5.07. The third-order valence-corrected chi connectivity index (χ3v) is 2.62. The minimum absolute atomic E-state index is 0.0000444. The van der Waals surface area contributed by atoms with Crippen LogP contribution in [0.15, 0.2) is 18.2 Å². The molecule has 0 bridgehead atoms. The second-order valence-corrected chi connectivity index (χ2v) is 3.92. The number of methoxy groups -OCH3 is 1. The molecule has 3 N–H and O–H groups in total. The van der Waals surface area contributed by atoms with Gasteiger partial charge in [-0.15, -0.1) is 0 Å². The number of amidine groups is 1. The second kappa shape index (κ2) is 5.36. The smallest absolute Gasteiger partial charge is 0.270 e. The summed E-state index contributed by atoms with van der Waals surface area (Å²) in [6.07, 6.45) is 0. The fourth-order valence-electron chi connectivity index (χ4n) is 1.15. The summed E-state index contributed by atoms with van der Waals surface area (Å²) in [4.78, 5) is 10.1. The highest BCUT2D eigenvalue weighted by Crippen LogP contribution is 2.27. The first kappa shape index (κ1) is 12.3. The summed E-state index contributed by atoms with van der Waals surface area (Å²) in [6.45, 7) is 0. The first-order valence-corrected chi connectivity index (χ1v) is 5.31. The Morgan fingerprint density at radius 1 is 1.69 bits per heavy atom. The Morgan fingerprint density at radius 2 is 2.38 bits per heavy atom. The van der Waals surface area contributed by atoms with Crippen molar-refractivity contribution in [3.8, 4) is 5.75 Å². The normalized spacial score (nSPS) is 9.81. The van der Waals surface area contributed by atoms with Crippen LogP contribution in [0.5, 0.6) is 5.75 Å². The van der Waals surface area contributed by atoms with Crippen LogP contribution >= 0.6 is 11.8 Å². The molecule has 0 aliphatic heterocycles. The Hall–Kier alpha value is -1.76. The zero-order valence-corrected chi connectivity index (χ0v) is 9.41. The van der Waals surface area contributed by atoms with Crippen LogP contribution in [0.2, 0.25) is 0 Å². The Kier molecular flexibility index (Phi) is 4.12. The van der Waals surface area contributed by atoms with E-state index in [1.807, 2.05) is 0 Å². The zero-order valence-electron chi connectivity index (χ0n) is 8.60. The number of nitrogens with zero attached hydrogens (tertiary/aromatic N) is 1. The van der Waals surface area contributed by atoms with Gasteiger partial charge < -0.3 is 10.5 Å². The van der Waals surface area contributed by atoms with E-state index in [0.717, 1.165) is 11.8 Å². The van der Waals surface area contributed by atoms with Gasteiger partial charge in [-0.3, -0.25) is 15.5 Å². The number of ether oxygens (including phenoxy) is 1. The van der Waals surface area contributed by atoms with Gasteiger partial charge in [0.05, 0.1) is 12.0 Å². The number of nitro benzene ring substituents is 1. The summed E-state index contributed by atoms with van der Waals surface area (Å²) in [7, 11) is 1.49. The topological polar surface area (TPSA) is 102 Å². The van der Waals surface area contributed by atoms with Gasteiger partial charge in [-0.05, 0) is 6.07 Å². The fraction of sp³-hybridized carbons (Fsp3) is 0.222. The summed E-state index contributed by atoms with van der Waals surface area (Å²) in [5.41, 5.74) is 5.85. The fourth-order valence-corrected chi connectivity index (χ4v) is 1.68. The van der Waals surface area contributed by atoms with Crippen molar-refractivity contribution in [2.45, 2.75) is 5.75 Å². The molecule has 0 saturated heterocycles. The first-order chi connectivity index (χ1) is 7.54. The predicted molar refractivity (Wildman–Crippen MR) is 62.9 cm³/mol. The molecule has 6 nitrogen and oxygen atoms in total. The quantitative estimate of drug-likeness (QED) is 0.361. The molecule has 16 heavy (non-hydrogen) atoms. The number of benzene rings is 1. The molecule has 1 aromatic rings. The van der Waals surface area contributed by atoms with E-state index in [0.29, 0.717) is 17.1 Å². The molecule has 0 fully saturated rings. The van der Waals surface area contributed by atoms with E-state index in [2.05, 4.69) is 0 Å². The van der Waals surface area contributed by atoms with E-state index in [-0.39, 0.29) is 10.9 Å². The van der Waals surface area contributed by atoms with E-state index < -0.39 is 4.92 Å². The average Bonchev–Trinajstić information content (AvgIpc) is 2.25. The Balaban J connectivity index is 2.97. The highest BCUT2D eigenvalue weighted by Gasteiger charge is 2.11. The third-order valence-electron chi connectivity index (χ3n) is 1.86. The summed E-state index contributed by atoms with van der Waals surface area (Å²) in [5.74, 6) is 0.930. The molecule has 0 unspecified atom stereocenters. The van der Waals surface area contributed by atoms with E-state index in [1.165, 1.54) is 25.3 Å². The summed E-state index contributed by atoms with van der Waals surface area (Å²) in [6, 6.07) is 4.34. The average molecular weight is 241 g/mol. The summed E-state index contributed by atoms with van der Waals surface area (Å²) >= 11 is 1.09. The van der Waals surface area contributed by atoms with Gasteiger partial charge in [-0.25, -0.2) is 0 Å². The number of thioether (sulfide) groups is 1. The molecule has 0 aromatic heterocycles. The second-order valence-electron chi connectivity index (χ2n) is 2.91. The highest BCUT2D eigenvalue weighted by molar-refractivity contribution is 8.13. The number of nitrogens with one attached hydrogen (secondary N) is 1. The molecule has 0 radical (unpaired) electrons. The predicted octanol–water partition coefficient (Wildman–Crippen LogP) is 1.73. The van der Waals surface area contributed by atoms with E-state index in [1.54, 1.807) is 0 Å². The van der Waals surface area contributed by atoms with E-state index in [9.17, 15) is 10.1 Å². The SMILES string of the molecule is COc1ccc([N+](=O)[O-])cc1CSC(=N)N. The van der Waals surface area contributed by atoms with Crippen molar-refractivity contribution in [2.24, 2.45) is 5.73 Å². The van der Waals surface area contributed by atoms with Gasteiger partial charge in [0.2, 0.25) is 0 Å². The van der Waals surface area contributed by atoms with Crippen LogP contribution in [-0.2, 0) is 5.75 Å². The third kappa shape index (κ3) is 3.13. The number of non-ortho nitro benzene ring substituents is 1. The van der Waals surface area contributed by atoms with Crippen LogP contribution in [0.25, 0.3) is 0 Å². The maximum absolute atomic E-state index is 10.6. The standard InChI is InChI=1S/C9H11N3O3S/c1-15-8-3-2-7(12(13)14)4-6(8)5-16-9(10)11/h2-4H,5H2,1H3,(H3,10,11). The van der Waals surface area contributed by atoms with Gasteiger partial charge in [0.15, 0.2) is 5.17 Å². The molecule has 0 saturated carbocycles. The number of hydrogen-bond acceptors (Lipinski definition) is 5. The maximum atomic E-state index is 10.6. The lowest BCUT2D eigenvalue weighted by atomic mass is 10.2. The Bertz CT molecular complexity index is 422. The summed E-state index contributed by atoms with van der Waals surface area (Å²) in [5, 5.41) is 17.6. The molecule has 1 rings (SSSR count). The molecule has 0 amide bonds. The molecular formula is C9H11N3O3S. The number of nitrogens with two attached hydrogens (primary N) is 1. The van der Waals surface area contributed by atoms with Crippen molar-refractivity contribution in [3.63, 3.8) is 0 Å². The van der Waals surface area contributed by atoms with Crippen molar-refractivity contribution in [3.05, 3.63) is 33.9 Å². The molecule has 0 heterocycles. The molecule has 0 aliphatic rings. The van der Waals surface area contributed by atoms with Crippen LogP contribution in [0.4, 0.5) is 5.69 Å². The zero-order chi connectivity index (χ0) is 12.1. The van der Waals surface area contributed by atoms with E-state index >= 15 is 0 Å². The van der Waals surface area contributed by atoms with Crippen molar-refractivity contribution in [1.29, 1.82) is 5.41 Å².